The molecule has 0 aliphatic carbocycles. The maximum atomic E-state index is 12.9. The number of aromatic nitrogens is 1. The van der Waals surface area contributed by atoms with Crippen molar-refractivity contribution in [2.45, 2.75) is 24.0 Å². The van der Waals surface area contributed by atoms with Crippen LogP contribution in [0, 0.1) is 6.92 Å². The first-order valence-corrected chi connectivity index (χ1v) is 11.9. The second-order valence-corrected chi connectivity index (χ2v) is 9.19. The average molecular weight is 455 g/mol. The molecule has 0 spiro atoms. The Hall–Kier alpha value is -2.81. The van der Waals surface area contributed by atoms with Crippen LogP contribution in [0.5, 0.6) is 0 Å². The van der Waals surface area contributed by atoms with Gasteiger partial charge in [0, 0.05) is 30.1 Å². The quantitative estimate of drug-likeness (QED) is 0.557. The minimum Gasteiger partial charge on any atom is -0.478 e. The van der Waals surface area contributed by atoms with E-state index in [0.29, 0.717) is 22.9 Å². The SMILES string of the molecule is Cc1oc(-c2ccc(C(=O)O)cc2)nc1CS(=O)c1ccc(CCN2CCOCC2)cc1. The number of benzene rings is 2. The highest BCUT2D eigenvalue weighted by Gasteiger charge is 2.16. The summed E-state index contributed by atoms with van der Waals surface area (Å²) in [6, 6.07) is 14.3. The second kappa shape index (κ2) is 10.2. The van der Waals surface area contributed by atoms with Crippen molar-refractivity contribution in [3.63, 3.8) is 0 Å². The summed E-state index contributed by atoms with van der Waals surface area (Å²) in [5.74, 6) is 0.279. The van der Waals surface area contributed by atoms with Crippen LogP contribution in [0.15, 0.2) is 57.8 Å². The third-order valence-corrected chi connectivity index (χ3v) is 6.88. The molecule has 32 heavy (non-hydrogen) atoms. The van der Waals surface area contributed by atoms with Crippen molar-refractivity contribution >= 4 is 16.8 Å². The minimum atomic E-state index is -1.24. The molecule has 1 unspecified atom stereocenters. The van der Waals surface area contributed by atoms with Gasteiger partial charge < -0.3 is 14.3 Å². The number of aromatic carboxylic acids is 1. The van der Waals surface area contributed by atoms with E-state index in [1.807, 2.05) is 24.3 Å². The Kier molecular flexibility index (Phi) is 7.14. The van der Waals surface area contributed by atoms with E-state index in [1.165, 1.54) is 17.7 Å². The average Bonchev–Trinajstić information content (AvgIpc) is 3.18. The van der Waals surface area contributed by atoms with Gasteiger partial charge >= 0.3 is 5.97 Å². The lowest BCUT2D eigenvalue weighted by Gasteiger charge is -2.26. The van der Waals surface area contributed by atoms with Gasteiger partial charge in [0.1, 0.15) is 5.76 Å². The summed E-state index contributed by atoms with van der Waals surface area (Å²) >= 11 is 0. The summed E-state index contributed by atoms with van der Waals surface area (Å²) in [6.07, 6.45) is 0.958. The van der Waals surface area contributed by atoms with Gasteiger partial charge in [-0.15, -0.1) is 0 Å². The number of nitrogens with zero attached hydrogens (tertiary/aromatic N) is 2. The van der Waals surface area contributed by atoms with E-state index in [2.05, 4.69) is 9.88 Å². The van der Waals surface area contributed by atoms with Crippen molar-refractivity contribution in [2.75, 3.05) is 32.8 Å². The normalized spacial score (nSPS) is 15.5. The number of carboxylic acids is 1. The van der Waals surface area contributed by atoms with Gasteiger partial charge in [0.2, 0.25) is 5.89 Å². The highest BCUT2D eigenvalue weighted by molar-refractivity contribution is 7.84. The van der Waals surface area contributed by atoms with E-state index in [9.17, 15) is 9.00 Å². The van der Waals surface area contributed by atoms with Gasteiger partial charge in [-0.3, -0.25) is 9.11 Å². The molecule has 2 aromatic carbocycles. The minimum absolute atomic E-state index is 0.201. The van der Waals surface area contributed by atoms with Crippen molar-refractivity contribution in [1.82, 2.24) is 9.88 Å². The standard InChI is InChI=1S/C24H26N2O5S/c1-17-22(25-23(31-17)19-4-6-20(7-5-19)24(27)28)16-32(29)21-8-2-18(3-9-21)10-11-26-12-14-30-15-13-26/h2-9H,10-16H2,1H3,(H,27,28). The first kappa shape index (κ1) is 22.4. The molecule has 7 nitrogen and oxygen atoms in total. The molecule has 1 saturated heterocycles. The first-order valence-electron chi connectivity index (χ1n) is 10.6. The lowest BCUT2D eigenvalue weighted by atomic mass is 10.1. The summed E-state index contributed by atoms with van der Waals surface area (Å²) in [4.78, 5) is 18.7. The second-order valence-electron chi connectivity index (χ2n) is 7.74. The highest BCUT2D eigenvalue weighted by atomic mass is 32.2. The Morgan fingerprint density at radius 1 is 1.09 bits per heavy atom. The molecule has 0 radical (unpaired) electrons. The van der Waals surface area contributed by atoms with Gasteiger partial charge in [-0.05, 0) is 55.3 Å². The predicted octanol–water partition coefficient (Wildman–Crippen LogP) is 3.53. The summed E-state index contributed by atoms with van der Waals surface area (Å²) in [5, 5.41) is 9.03. The molecule has 1 atom stereocenters. The molecule has 0 saturated carbocycles. The number of ether oxygens (including phenoxy) is 1. The van der Waals surface area contributed by atoms with E-state index < -0.39 is 16.8 Å². The molecule has 1 fully saturated rings. The molecule has 8 heteroatoms. The number of hydrogen-bond acceptors (Lipinski definition) is 6. The van der Waals surface area contributed by atoms with Crippen LogP contribution in [-0.2, 0) is 27.7 Å². The number of oxazole rings is 1. The van der Waals surface area contributed by atoms with Crippen LogP contribution in [-0.4, -0.2) is 58.0 Å². The molecule has 0 amide bonds. The maximum Gasteiger partial charge on any atom is 0.335 e. The van der Waals surface area contributed by atoms with Crippen molar-refractivity contribution < 1.29 is 23.3 Å². The van der Waals surface area contributed by atoms with Crippen LogP contribution in [0.1, 0.15) is 27.4 Å². The zero-order valence-corrected chi connectivity index (χ0v) is 18.8. The molecule has 1 aromatic heterocycles. The largest absolute Gasteiger partial charge is 0.478 e. The van der Waals surface area contributed by atoms with Gasteiger partial charge in [-0.25, -0.2) is 9.78 Å². The predicted molar refractivity (Wildman–Crippen MR) is 121 cm³/mol. The van der Waals surface area contributed by atoms with Crippen LogP contribution in [0.2, 0.25) is 0 Å². The third kappa shape index (κ3) is 5.51. The lowest BCUT2D eigenvalue weighted by Crippen LogP contribution is -2.37. The van der Waals surface area contributed by atoms with Gasteiger partial charge in [0.05, 0.1) is 41.0 Å². The fourth-order valence-corrected chi connectivity index (χ4v) is 4.69. The molecule has 2 heterocycles. The molecule has 0 bridgehead atoms. The van der Waals surface area contributed by atoms with E-state index in [4.69, 9.17) is 14.3 Å². The number of carbonyl (C=O) groups is 1. The van der Waals surface area contributed by atoms with Crippen molar-refractivity contribution in [2.24, 2.45) is 0 Å². The highest BCUT2D eigenvalue weighted by Crippen LogP contribution is 2.24. The topological polar surface area (TPSA) is 92.9 Å². The monoisotopic (exact) mass is 454 g/mol. The van der Waals surface area contributed by atoms with Crippen LogP contribution in [0.4, 0.5) is 0 Å². The van der Waals surface area contributed by atoms with Crippen LogP contribution >= 0.6 is 0 Å². The maximum absolute atomic E-state index is 12.9. The Morgan fingerprint density at radius 2 is 1.78 bits per heavy atom. The lowest BCUT2D eigenvalue weighted by molar-refractivity contribution is 0.0384. The smallest absolute Gasteiger partial charge is 0.335 e. The molecule has 1 aliphatic rings. The number of rotatable bonds is 8. The van der Waals surface area contributed by atoms with Gasteiger partial charge in [-0.1, -0.05) is 12.1 Å². The summed E-state index contributed by atoms with van der Waals surface area (Å²) < 4.78 is 24.0. The summed E-state index contributed by atoms with van der Waals surface area (Å²) in [5.41, 5.74) is 2.74. The van der Waals surface area contributed by atoms with Crippen LogP contribution in [0.3, 0.4) is 0 Å². The van der Waals surface area contributed by atoms with Crippen molar-refractivity contribution in [1.29, 1.82) is 0 Å². The number of aryl methyl sites for hydroxylation is 1. The summed E-state index contributed by atoms with van der Waals surface area (Å²) in [7, 11) is -1.24. The van der Waals surface area contributed by atoms with E-state index in [1.54, 1.807) is 19.1 Å². The molecular formula is C24H26N2O5S. The molecule has 168 valence electrons. The number of morpholine rings is 1. The molecule has 1 N–H and O–H groups in total. The fraction of sp³-hybridized carbons (Fsp3) is 0.333. The molecular weight excluding hydrogens is 428 g/mol. The Morgan fingerprint density at radius 3 is 2.44 bits per heavy atom. The fourth-order valence-electron chi connectivity index (χ4n) is 3.57. The number of hydrogen-bond donors (Lipinski definition) is 1. The zero-order chi connectivity index (χ0) is 22.5. The molecule has 1 aliphatic heterocycles. The third-order valence-electron chi connectivity index (χ3n) is 5.55. The van der Waals surface area contributed by atoms with Crippen molar-refractivity contribution in [3.05, 3.63) is 71.1 Å². The first-order chi connectivity index (χ1) is 15.5. The van der Waals surface area contributed by atoms with E-state index in [-0.39, 0.29) is 11.3 Å². The van der Waals surface area contributed by atoms with Gasteiger partial charge in [0.25, 0.3) is 0 Å². The Balaban J connectivity index is 1.37. The Bertz CT molecular complexity index is 1090. The molecule has 3 aromatic rings. The number of carboxylic acid groups (broad SMARTS) is 1. The Labute approximate surface area is 189 Å². The van der Waals surface area contributed by atoms with Gasteiger partial charge in [0.15, 0.2) is 0 Å². The van der Waals surface area contributed by atoms with Crippen molar-refractivity contribution in [3.8, 4) is 11.5 Å². The van der Waals surface area contributed by atoms with Gasteiger partial charge in [-0.2, -0.15) is 0 Å². The summed E-state index contributed by atoms with van der Waals surface area (Å²) in [6.45, 7) is 6.35. The molecule has 4 rings (SSSR count). The van der Waals surface area contributed by atoms with Crippen LogP contribution in [0.25, 0.3) is 11.5 Å². The van der Waals surface area contributed by atoms with E-state index in [0.717, 1.165) is 44.2 Å². The zero-order valence-electron chi connectivity index (χ0n) is 18.0. The van der Waals surface area contributed by atoms with Crippen LogP contribution < -0.4 is 0 Å². The van der Waals surface area contributed by atoms with E-state index >= 15 is 0 Å².